The Morgan fingerprint density at radius 2 is 2.00 bits per heavy atom. The van der Waals surface area contributed by atoms with Crippen molar-refractivity contribution in [2.45, 2.75) is 6.42 Å². The lowest BCUT2D eigenvalue weighted by molar-refractivity contribution is 0.588. The molecule has 0 spiro atoms. The molecule has 18 heavy (non-hydrogen) atoms. The van der Waals surface area contributed by atoms with Crippen molar-refractivity contribution in [1.29, 1.82) is 0 Å². The molecule has 0 atom stereocenters. The molecule has 1 aliphatic rings. The quantitative estimate of drug-likeness (QED) is 0.837. The summed E-state index contributed by atoms with van der Waals surface area (Å²) in [5, 5.41) is 10.3. The first-order valence-corrected chi connectivity index (χ1v) is 6.32. The Balaban J connectivity index is 1.84. The van der Waals surface area contributed by atoms with Crippen LogP contribution in [0.4, 0.5) is 5.69 Å². The van der Waals surface area contributed by atoms with Crippen molar-refractivity contribution in [3.8, 4) is 0 Å². The molecule has 1 aromatic carbocycles. The molecule has 0 unspecified atom stereocenters. The number of hydrogen-bond donors (Lipinski definition) is 2. The summed E-state index contributed by atoms with van der Waals surface area (Å²) in [5.74, 6) is 0.845. The number of rotatable bonds is 3. The summed E-state index contributed by atoms with van der Waals surface area (Å²) in [5.41, 5.74) is 2.60. The number of piperazine rings is 1. The summed E-state index contributed by atoms with van der Waals surface area (Å²) in [7, 11) is 0. The molecular weight excluding hydrogens is 226 g/mol. The van der Waals surface area contributed by atoms with Crippen LogP contribution >= 0.6 is 0 Å². The molecule has 0 aliphatic carbocycles. The van der Waals surface area contributed by atoms with Crippen LogP contribution in [0.3, 0.4) is 0 Å². The average molecular weight is 243 g/mol. The van der Waals surface area contributed by atoms with Crippen molar-refractivity contribution in [2.75, 3.05) is 31.1 Å². The number of nitrogens with one attached hydrogen (secondary N) is 2. The lowest BCUT2D eigenvalue weighted by Crippen LogP contribution is -2.43. The van der Waals surface area contributed by atoms with Gasteiger partial charge >= 0.3 is 0 Å². The predicted molar refractivity (Wildman–Crippen MR) is 70.7 cm³/mol. The van der Waals surface area contributed by atoms with Crippen LogP contribution in [0.25, 0.3) is 0 Å². The minimum Gasteiger partial charge on any atom is -0.369 e. The molecule has 1 fully saturated rings. The van der Waals surface area contributed by atoms with E-state index in [1.54, 1.807) is 6.33 Å². The Morgan fingerprint density at radius 3 is 2.78 bits per heavy atom. The van der Waals surface area contributed by atoms with Gasteiger partial charge < -0.3 is 10.2 Å². The average Bonchev–Trinajstić information content (AvgIpc) is 2.93. The lowest BCUT2D eigenvalue weighted by Gasteiger charge is -2.31. The van der Waals surface area contributed by atoms with Gasteiger partial charge in [0.1, 0.15) is 6.33 Å². The van der Waals surface area contributed by atoms with Gasteiger partial charge in [0, 0.05) is 38.3 Å². The van der Waals surface area contributed by atoms with Gasteiger partial charge in [-0.3, -0.25) is 5.10 Å². The summed E-state index contributed by atoms with van der Waals surface area (Å²) in [6.07, 6.45) is 2.41. The molecule has 0 saturated carbocycles. The number of hydrogen-bond acceptors (Lipinski definition) is 4. The normalized spacial score (nSPS) is 15.9. The zero-order chi connectivity index (χ0) is 12.2. The van der Waals surface area contributed by atoms with Crippen LogP contribution in [0, 0.1) is 0 Å². The second-order valence-corrected chi connectivity index (χ2v) is 4.46. The number of aromatic nitrogens is 3. The first-order valence-electron chi connectivity index (χ1n) is 6.32. The van der Waals surface area contributed by atoms with Crippen molar-refractivity contribution in [3.05, 3.63) is 42.0 Å². The van der Waals surface area contributed by atoms with Crippen molar-refractivity contribution in [1.82, 2.24) is 20.5 Å². The Morgan fingerprint density at radius 1 is 1.17 bits per heavy atom. The van der Waals surface area contributed by atoms with Crippen LogP contribution < -0.4 is 10.2 Å². The third kappa shape index (κ3) is 2.36. The molecule has 5 nitrogen and oxygen atoms in total. The van der Waals surface area contributed by atoms with E-state index >= 15 is 0 Å². The van der Waals surface area contributed by atoms with E-state index in [4.69, 9.17) is 0 Å². The molecule has 5 heteroatoms. The van der Waals surface area contributed by atoms with Gasteiger partial charge in [-0.15, -0.1) is 0 Å². The highest BCUT2D eigenvalue weighted by atomic mass is 15.2. The third-order valence-electron chi connectivity index (χ3n) is 3.26. The Hall–Kier alpha value is -1.88. The number of anilines is 1. The van der Waals surface area contributed by atoms with Gasteiger partial charge in [-0.25, -0.2) is 4.98 Å². The summed E-state index contributed by atoms with van der Waals surface area (Å²) in [4.78, 5) is 6.63. The predicted octanol–water partition coefficient (Wildman–Crippen LogP) is 0.805. The van der Waals surface area contributed by atoms with E-state index in [1.807, 2.05) is 0 Å². The smallest absolute Gasteiger partial charge is 0.154 e. The van der Waals surface area contributed by atoms with E-state index in [0.717, 1.165) is 38.4 Å². The maximum absolute atomic E-state index is 4.20. The first-order chi connectivity index (χ1) is 8.93. The Kier molecular flexibility index (Phi) is 3.23. The Bertz CT molecular complexity index is 488. The van der Waals surface area contributed by atoms with Crippen molar-refractivity contribution >= 4 is 5.69 Å². The summed E-state index contributed by atoms with van der Waals surface area (Å²) in [6, 6.07) is 8.52. The topological polar surface area (TPSA) is 56.8 Å². The van der Waals surface area contributed by atoms with Gasteiger partial charge in [-0.2, -0.15) is 5.10 Å². The fraction of sp³-hybridized carbons (Fsp3) is 0.385. The van der Waals surface area contributed by atoms with E-state index in [1.165, 1.54) is 11.3 Å². The van der Waals surface area contributed by atoms with Crippen LogP contribution in [0.15, 0.2) is 30.6 Å². The summed E-state index contributed by atoms with van der Waals surface area (Å²) < 4.78 is 0. The van der Waals surface area contributed by atoms with Crippen LogP contribution in [0.1, 0.15) is 11.4 Å². The largest absolute Gasteiger partial charge is 0.369 e. The van der Waals surface area contributed by atoms with Crippen molar-refractivity contribution in [3.63, 3.8) is 0 Å². The van der Waals surface area contributed by atoms with Crippen molar-refractivity contribution in [2.24, 2.45) is 0 Å². The molecule has 0 radical (unpaired) electrons. The SMILES string of the molecule is c1ccc(N2CCNCC2)c(Cc2nc[nH]n2)c1. The highest BCUT2D eigenvalue weighted by molar-refractivity contribution is 5.54. The van der Waals surface area contributed by atoms with E-state index in [9.17, 15) is 0 Å². The lowest BCUT2D eigenvalue weighted by atomic mass is 10.1. The van der Waals surface area contributed by atoms with Gasteiger partial charge in [0.05, 0.1) is 0 Å². The van der Waals surface area contributed by atoms with Crippen LogP contribution in [-0.2, 0) is 6.42 Å². The zero-order valence-corrected chi connectivity index (χ0v) is 10.3. The van der Waals surface area contributed by atoms with Gasteiger partial charge in [-0.1, -0.05) is 18.2 Å². The molecule has 1 aliphatic heterocycles. The van der Waals surface area contributed by atoms with Gasteiger partial charge in [0.25, 0.3) is 0 Å². The number of para-hydroxylation sites is 1. The molecule has 94 valence electrons. The van der Waals surface area contributed by atoms with E-state index in [0.29, 0.717) is 0 Å². The molecular formula is C13H17N5. The van der Waals surface area contributed by atoms with Gasteiger partial charge in [-0.05, 0) is 11.6 Å². The maximum Gasteiger partial charge on any atom is 0.154 e. The second kappa shape index (κ2) is 5.18. The molecule has 0 amide bonds. The molecule has 2 N–H and O–H groups in total. The molecule has 1 aromatic heterocycles. The number of H-pyrrole nitrogens is 1. The maximum atomic E-state index is 4.20. The fourth-order valence-corrected chi connectivity index (χ4v) is 2.37. The first kappa shape index (κ1) is 11.2. The summed E-state index contributed by atoms with van der Waals surface area (Å²) >= 11 is 0. The van der Waals surface area contributed by atoms with E-state index < -0.39 is 0 Å². The van der Waals surface area contributed by atoms with E-state index in [-0.39, 0.29) is 0 Å². The number of benzene rings is 1. The fourth-order valence-electron chi connectivity index (χ4n) is 2.37. The second-order valence-electron chi connectivity index (χ2n) is 4.46. The number of nitrogens with zero attached hydrogens (tertiary/aromatic N) is 3. The van der Waals surface area contributed by atoms with E-state index in [2.05, 4.69) is 49.7 Å². The standard InChI is InChI=1S/C13H17N5/c1-2-4-12(18-7-5-14-6-8-18)11(3-1)9-13-15-10-16-17-13/h1-4,10,14H,5-9H2,(H,15,16,17). The van der Waals surface area contributed by atoms with Gasteiger partial charge in [0.2, 0.25) is 0 Å². The third-order valence-corrected chi connectivity index (χ3v) is 3.26. The minimum absolute atomic E-state index is 0.781. The molecule has 1 saturated heterocycles. The highest BCUT2D eigenvalue weighted by Crippen LogP contribution is 2.22. The molecule has 2 aromatic rings. The zero-order valence-electron chi connectivity index (χ0n) is 10.3. The molecule has 2 heterocycles. The number of aromatic amines is 1. The van der Waals surface area contributed by atoms with Crippen LogP contribution in [-0.4, -0.2) is 41.4 Å². The van der Waals surface area contributed by atoms with Crippen LogP contribution in [0.5, 0.6) is 0 Å². The summed E-state index contributed by atoms with van der Waals surface area (Å²) in [6.45, 7) is 4.22. The van der Waals surface area contributed by atoms with Crippen LogP contribution in [0.2, 0.25) is 0 Å². The van der Waals surface area contributed by atoms with Gasteiger partial charge in [0.15, 0.2) is 5.82 Å². The Labute approximate surface area is 106 Å². The molecule has 3 rings (SSSR count). The minimum atomic E-state index is 0.781. The monoisotopic (exact) mass is 243 g/mol. The van der Waals surface area contributed by atoms with Crippen molar-refractivity contribution < 1.29 is 0 Å². The molecule has 0 bridgehead atoms. The highest BCUT2D eigenvalue weighted by Gasteiger charge is 2.14.